The van der Waals surface area contributed by atoms with E-state index >= 15 is 0 Å². The number of nitrogens with two attached hydrogens (primary N) is 1. The topological polar surface area (TPSA) is 38.5 Å². The van der Waals surface area contributed by atoms with Gasteiger partial charge in [0.25, 0.3) is 0 Å². The third kappa shape index (κ3) is 3.33. The van der Waals surface area contributed by atoms with Crippen molar-refractivity contribution in [2.45, 2.75) is 38.6 Å². The third-order valence-electron chi connectivity index (χ3n) is 4.17. The second-order valence-corrected chi connectivity index (χ2v) is 5.25. The van der Waals surface area contributed by atoms with Crippen LogP contribution in [0.2, 0.25) is 0 Å². The highest BCUT2D eigenvalue weighted by molar-refractivity contribution is 5.85. The van der Waals surface area contributed by atoms with Crippen LogP contribution in [0.15, 0.2) is 0 Å². The van der Waals surface area contributed by atoms with E-state index in [0.29, 0.717) is 11.5 Å². The third-order valence-corrected chi connectivity index (χ3v) is 4.17. The SMILES string of the molecule is CCC1(CN2CCC(N)C2)CCOCC1.Cl. The summed E-state index contributed by atoms with van der Waals surface area (Å²) in [6.45, 7) is 7.76. The summed E-state index contributed by atoms with van der Waals surface area (Å²) in [6.07, 6.45) is 4.92. The first-order valence-corrected chi connectivity index (χ1v) is 6.30. The Kier molecular flexibility index (Phi) is 5.51. The van der Waals surface area contributed by atoms with Crippen LogP contribution in [-0.4, -0.2) is 43.8 Å². The Morgan fingerprint density at radius 3 is 2.56 bits per heavy atom. The molecule has 2 aliphatic rings. The Balaban J connectivity index is 0.00000128. The number of hydrogen-bond donors (Lipinski definition) is 1. The summed E-state index contributed by atoms with van der Waals surface area (Å²) in [7, 11) is 0. The van der Waals surface area contributed by atoms with E-state index < -0.39 is 0 Å². The van der Waals surface area contributed by atoms with E-state index in [-0.39, 0.29) is 12.4 Å². The van der Waals surface area contributed by atoms with Gasteiger partial charge in [0, 0.05) is 32.3 Å². The van der Waals surface area contributed by atoms with Gasteiger partial charge in [-0.15, -0.1) is 12.4 Å². The molecule has 1 atom stereocenters. The van der Waals surface area contributed by atoms with Crippen LogP contribution in [0, 0.1) is 5.41 Å². The largest absolute Gasteiger partial charge is 0.381 e. The monoisotopic (exact) mass is 248 g/mol. The van der Waals surface area contributed by atoms with Gasteiger partial charge in [0.15, 0.2) is 0 Å². The van der Waals surface area contributed by atoms with E-state index in [2.05, 4.69) is 11.8 Å². The molecule has 2 heterocycles. The van der Waals surface area contributed by atoms with Gasteiger partial charge in [0.1, 0.15) is 0 Å². The number of ether oxygens (including phenoxy) is 1. The van der Waals surface area contributed by atoms with E-state index in [0.717, 1.165) is 19.8 Å². The zero-order chi connectivity index (χ0) is 10.7. The molecule has 0 aromatic rings. The van der Waals surface area contributed by atoms with Gasteiger partial charge < -0.3 is 15.4 Å². The van der Waals surface area contributed by atoms with Crippen molar-refractivity contribution in [3.8, 4) is 0 Å². The van der Waals surface area contributed by atoms with E-state index in [1.54, 1.807) is 0 Å². The van der Waals surface area contributed by atoms with E-state index in [1.165, 1.54) is 38.8 Å². The summed E-state index contributed by atoms with van der Waals surface area (Å²) in [5.74, 6) is 0. The zero-order valence-electron chi connectivity index (χ0n) is 10.3. The molecule has 0 aromatic carbocycles. The predicted octanol–water partition coefficient (Wildman–Crippen LogP) is 1.65. The second kappa shape index (κ2) is 6.20. The summed E-state index contributed by atoms with van der Waals surface area (Å²) in [4.78, 5) is 2.56. The molecule has 0 aliphatic carbocycles. The van der Waals surface area contributed by atoms with Crippen molar-refractivity contribution >= 4 is 12.4 Å². The van der Waals surface area contributed by atoms with E-state index in [4.69, 9.17) is 10.5 Å². The van der Waals surface area contributed by atoms with Gasteiger partial charge in [0.2, 0.25) is 0 Å². The Morgan fingerprint density at radius 2 is 2.06 bits per heavy atom. The average molecular weight is 249 g/mol. The fourth-order valence-corrected chi connectivity index (χ4v) is 2.91. The maximum atomic E-state index is 5.95. The van der Waals surface area contributed by atoms with Crippen LogP contribution in [0.1, 0.15) is 32.6 Å². The van der Waals surface area contributed by atoms with Crippen molar-refractivity contribution < 1.29 is 4.74 Å². The summed E-state index contributed by atoms with van der Waals surface area (Å²) < 4.78 is 5.47. The Morgan fingerprint density at radius 1 is 1.38 bits per heavy atom. The highest BCUT2D eigenvalue weighted by Crippen LogP contribution is 2.35. The van der Waals surface area contributed by atoms with E-state index in [1.807, 2.05) is 0 Å². The van der Waals surface area contributed by atoms with Crippen LogP contribution >= 0.6 is 12.4 Å². The molecule has 2 aliphatic heterocycles. The molecule has 2 saturated heterocycles. The minimum absolute atomic E-state index is 0. The minimum Gasteiger partial charge on any atom is -0.381 e. The Hall–Kier alpha value is 0.170. The van der Waals surface area contributed by atoms with Gasteiger partial charge in [0.05, 0.1) is 0 Å². The van der Waals surface area contributed by atoms with Crippen molar-refractivity contribution in [2.24, 2.45) is 11.1 Å². The lowest BCUT2D eigenvalue weighted by molar-refractivity contribution is -0.00359. The van der Waals surface area contributed by atoms with Gasteiger partial charge >= 0.3 is 0 Å². The van der Waals surface area contributed by atoms with Crippen LogP contribution in [0.25, 0.3) is 0 Å². The highest BCUT2D eigenvalue weighted by Gasteiger charge is 2.34. The number of halogens is 1. The van der Waals surface area contributed by atoms with Crippen LogP contribution in [0.5, 0.6) is 0 Å². The maximum absolute atomic E-state index is 5.95. The summed E-state index contributed by atoms with van der Waals surface area (Å²) in [5.41, 5.74) is 6.46. The standard InChI is InChI=1S/C12H24N2O.ClH/c1-2-12(4-7-15-8-5-12)10-14-6-3-11(13)9-14;/h11H,2-10,13H2,1H3;1H. The molecule has 0 bridgehead atoms. The molecule has 2 fully saturated rings. The lowest BCUT2D eigenvalue weighted by atomic mass is 9.77. The first-order valence-electron chi connectivity index (χ1n) is 6.30. The Labute approximate surface area is 105 Å². The molecule has 2 rings (SSSR count). The van der Waals surface area contributed by atoms with Crippen LogP contribution in [0.4, 0.5) is 0 Å². The zero-order valence-corrected chi connectivity index (χ0v) is 11.1. The quantitative estimate of drug-likeness (QED) is 0.826. The second-order valence-electron chi connectivity index (χ2n) is 5.25. The molecule has 0 spiro atoms. The van der Waals surface area contributed by atoms with Gasteiger partial charge in [-0.3, -0.25) is 0 Å². The number of hydrogen-bond acceptors (Lipinski definition) is 3. The lowest BCUT2D eigenvalue weighted by Crippen LogP contribution is -2.41. The molecule has 96 valence electrons. The summed E-state index contributed by atoms with van der Waals surface area (Å²) in [5, 5.41) is 0. The van der Waals surface area contributed by atoms with Crippen molar-refractivity contribution in [3.63, 3.8) is 0 Å². The number of rotatable bonds is 3. The Bertz CT molecular complexity index is 207. The van der Waals surface area contributed by atoms with Crippen LogP contribution in [0.3, 0.4) is 0 Å². The molecule has 3 nitrogen and oxygen atoms in total. The van der Waals surface area contributed by atoms with Crippen molar-refractivity contribution in [3.05, 3.63) is 0 Å². The summed E-state index contributed by atoms with van der Waals surface area (Å²) in [6, 6.07) is 0.416. The molecule has 16 heavy (non-hydrogen) atoms. The first-order chi connectivity index (χ1) is 7.24. The average Bonchev–Trinajstić information content (AvgIpc) is 2.65. The molecule has 4 heteroatoms. The van der Waals surface area contributed by atoms with Gasteiger partial charge in [-0.2, -0.15) is 0 Å². The lowest BCUT2D eigenvalue weighted by Gasteiger charge is -2.39. The molecular formula is C12H25ClN2O. The van der Waals surface area contributed by atoms with Gasteiger partial charge in [-0.1, -0.05) is 6.92 Å². The normalized spacial score (nSPS) is 30.0. The van der Waals surface area contributed by atoms with Crippen LogP contribution < -0.4 is 5.73 Å². The number of nitrogens with zero attached hydrogens (tertiary/aromatic N) is 1. The fourth-order valence-electron chi connectivity index (χ4n) is 2.91. The minimum atomic E-state index is 0. The number of likely N-dealkylation sites (tertiary alicyclic amines) is 1. The summed E-state index contributed by atoms with van der Waals surface area (Å²) >= 11 is 0. The van der Waals surface area contributed by atoms with Crippen molar-refractivity contribution in [1.82, 2.24) is 4.90 Å². The maximum Gasteiger partial charge on any atom is 0.0471 e. The molecule has 0 amide bonds. The molecule has 1 unspecified atom stereocenters. The van der Waals surface area contributed by atoms with Crippen molar-refractivity contribution in [1.29, 1.82) is 0 Å². The molecule has 2 N–H and O–H groups in total. The van der Waals surface area contributed by atoms with Gasteiger partial charge in [-0.05, 0) is 37.6 Å². The molecule has 0 aromatic heterocycles. The first kappa shape index (κ1) is 14.2. The fraction of sp³-hybridized carbons (Fsp3) is 1.00. The smallest absolute Gasteiger partial charge is 0.0471 e. The predicted molar refractivity (Wildman–Crippen MR) is 69.1 cm³/mol. The molecule has 0 saturated carbocycles. The van der Waals surface area contributed by atoms with Crippen LogP contribution in [-0.2, 0) is 4.74 Å². The molecular weight excluding hydrogens is 224 g/mol. The highest BCUT2D eigenvalue weighted by atomic mass is 35.5. The van der Waals surface area contributed by atoms with Gasteiger partial charge in [-0.25, -0.2) is 0 Å². The molecule has 0 radical (unpaired) electrons. The van der Waals surface area contributed by atoms with Crippen molar-refractivity contribution in [2.75, 3.05) is 32.8 Å². The van der Waals surface area contributed by atoms with E-state index in [9.17, 15) is 0 Å².